The molecule has 2 N–H and O–H groups in total. The SMILES string of the molecule is O=C(CCc1ccccc1)Nc1cccc2cn[nH]c12. The van der Waals surface area contributed by atoms with Gasteiger partial charge in [-0.05, 0) is 18.1 Å². The topological polar surface area (TPSA) is 57.8 Å². The van der Waals surface area contributed by atoms with Crippen molar-refractivity contribution in [2.75, 3.05) is 5.32 Å². The first-order valence-electron chi connectivity index (χ1n) is 6.59. The molecular formula is C16H15N3O. The Labute approximate surface area is 116 Å². The summed E-state index contributed by atoms with van der Waals surface area (Å²) in [5, 5.41) is 10.8. The summed E-state index contributed by atoms with van der Waals surface area (Å²) in [5.41, 5.74) is 2.81. The maximum absolute atomic E-state index is 12.0. The number of H-pyrrole nitrogens is 1. The van der Waals surface area contributed by atoms with Gasteiger partial charge >= 0.3 is 0 Å². The number of anilines is 1. The molecule has 0 aliphatic rings. The summed E-state index contributed by atoms with van der Waals surface area (Å²) in [6.07, 6.45) is 2.95. The number of aromatic amines is 1. The predicted molar refractivity (Wildman–Crippen MR) is 79.5 cm³/mol. The molecule has 0 fully saturated rings. The molecule has 2 aromatic carbocycles. The Balaban J connectivity index is 1.66. The van der Waals surface area contributed by atoms with Gasteiger partial charge in [-0.1, -0.05) is 42.5 Å². The summed E-state index contributed by atoms with van der Waals surface area (Å²) in [4.78, 5) is 12.0. The minimum atomic E-state index is 0.0101. The number of carbonyl (C=O) groups excluding carboxylic acids is 1. The van der Waals surface area contributed by atoms with Crippen molar-refractivity contribution in [2.45, 2.75) is 12.8 Å². The molecule has 100 valence electrons. The van der Waals surface area contributed by atoms with Gasteiger partial charge in [0.05, 0.1) is 17.4 Å². The van der Waals surface area contributed by atoms with Gasteiger partial charge in [0.25, 0.3) is 0 Å². The van der Waals surface area contributed by atoms with E-state index in [0.717, 1.165) is 23.0 Å². The summed E-state index contributed by atoms with van der Waals surface area (Å²) in [5.74, 6) is 0.0101. The van der Waals surface area contributed by atoms with E-state index in [1.165, 1.54) is 5.56 Å². The van der Waals surface area contributed by atoms with Gasteiger partial charge in [0.15, 0.2) is 0 Å². The molecule has 1 heterocycles. The molecule has 3 aromatic rings. The highest BCUT2D eigenvalue weighted by atomic mass is 16.1. The number of aromatic nitrogens is 2. The number of para-hydroxylation sites is 1. The Morgan fingerprint density at radius 3 is 2.80 bits per heavy atom. The summed E-state index contributed by atoms with van der Waals surface area (Å²) in [6, 6.07) is 15.7. The lowest BCUT2D eigenvalue weighted by Crippen LogP contribution is -2.12. The number of fused-ring (bicyclic) bond motifs is 1. The van der Waals surface area contributed by atoms with Crippen LogP contribution in [0.4, 0.5) is 5.69 Å². The second kappa shape index (κ2) is 5.57. The van der Waals surface area contributed by atoms with E-state index in [1.54, 1.807) is 6.20 Å². The van der Waals surface area contributed by atoms with Gasteiger partial charge in [0.2, 0.25) is 5.91 Å². The second-order valence-corrected chi connectivity index (χ2v) is 4.67. The molecule has 20 heavy (non-hydrogen) atoms. The Kier molecular flexibility index (Phi) is 3.46. The van der Waals surface area contributed by atoms with Gasteiger partial charge in [0, 0.05) is 11.8 Å². The van der Waals surface area contributed by atoms with Crippen molar-refractivity contribution in [3.63, 3.8) is 0 Å². The predicted octanol–water partition coefficient (Wildman–Crippen LogP) is 3.13. The molecule has 0 saturated heterocycles. The fourth-order valence-electron chi connectivity index (χ4n) is 2.19. The van der Waals surface area contributed by atoms with Gasteiger partial charge < -0.3 is 5.32 Å². The van der Waals surface area contributed by atoms with E-state index < -0.39 is 0 Å². The quantitative estimate of drug-likeness (QED) is 0.761. The number of hydrogen-bond acceptors (Lipinski definition) is 2. The number of nitrogens with one attached hydrogen (secondary N) is 2. The number of aryl methyl sites for hydroxylation is 1. The van der Waals surface area contributed by atoms with Crippen LogP contribution in [0, 0.1) is 0 Å². The Hall–Kier alpha value is -2.62. The van der Waals surface area contributed by atoms with Gasteiger partial charge in [-0.25, -0.2) is 0 Å². The lowest BCUT2D eigenvalue weighted by Gasteiger charge is -2.06. The molecule has 0 saturated carbocycles. The standard InChI is InChI=1S/C16H15N3O/c20-15(10-9-12-5-2-1-3-6-12)18-14-8-4-7-13-11-17-19-16(13)14/h1-8,11H,9-10H2,(H,17,19)(H,18,20). The van der Waals surface area contributed by atoms with Crippen molar-refractivity contribution in [1.82, 2.24) is 10.2 Å². The van der Waals surface area contributed by atoms with E-state index in [-0.39, 0.29) is 5.91 Å². The highest BCUT2D eigenvalue weighted by Crippen LogP contribution is 2.20. The second-order valence-electron chi connectivity index (χ2n) is 4.67. The maximum Gasteiger partial charge on any atom is 0.224 e. The number of hydrogen-bond donors (Lipinski definition) is 2. The van der Waals surface area contributed by atoms with Crippen LogP contribution in [0.3, 0.4) is 0 Å². The molecule has 4 heteroatoms. The minimum absolute atomic E-state index is 0.0101. The highest BCUT2D eigenvalue weighted by molar-refractivity contribution is 6.00. The largest absolute Gasteiger partial charge is 0.324 e. The van der Waals surface area contributed by atoms with Crippen molar-refractivity contribution in [2.24, 2.45) is 0 Å². The number of benzene rings is 2. The number of rotatable bonds is 4. The zero-order valence-corrected chi connectivity index (χ0v) is 11.0. The number of amides is 1. The minimum Gasteiger partial charge on any atom is -0.324 e. The molecule has 0 atom stereocenters. The van der Waals surface area contributed by atoms with Crippen LogP contribution in [0.15, 0.2) is 54.7 Å². The van der Waals surface area contributed by atoms with E-state index in [4.69, 9.17) is 0 Å². The lowest BCUT2D eigenvalue weighted by molar-refractivity contribution is -0.116. The average molecular weight is 265 g/mol. The van der Waals surface area contributed by atoms with Crippen LogP contribution in [0.2, 0.25) is 0 Å². The molecule has 1 aromatic heterocycles. The van der Waals surface area contributed by atoms with Crippen molar-refractivity contribution in [3.05, 3.63) is 60.3 Å². The smallest absolute Gasteiger partial charge is 0.224 e. The summed E-state index contributed by atoms with van der Waals surface area (Å²) < 4.78 is 0. The van der Waals surface area contributed by atoms with Crippen LogP contribution in [0.25, 0.3) is 10.9 Å². The van der Waals surface area contributed by atoms with Gasteiger partial charge in [-0.2, -0.15) is 5.10 Å². The summed E-state index contributed by atoms with van der Waals surface area (Å²) in [6.45, 7) is 0. The monoisotopic (exact) mass is 265 g/mol. The van der Waals surface area contributed by atoms with Crippen LogP contribution in [-0.4, -0.2) is 16.1 Å². The first-order chi connectivity index (χ1) is 9.83. The van der Waals surface area contributed by atoms with Crippen molar-refractivity contribution < 1.29 is 4.79 Å². The third-order valence-corrected chi connectivity index (χ3v) is 3.23. The number of nitrogens with zero attached hydrogens (tertiary/aromatic N) is 1. The molecule has 1 amide bonds. The van der Waals surface area contributed by atoms with E-state index in [9.17, 15) is 4.79 Å². The van der Waals surface area contributed by atoms with E-state index in [1.807, 2.05) is 48.5 Å². The molecule has 0 spiro atoms. The molecule has 0 radical (unpaired) electrons. The van der Waals surface area contributed by atoms with Gasteiger partial charge in [-0.15, -0.1) is 0 Å². The Bertz CT molecular complexity index is 719. The lowest BCUT2D eigenvalue weighted by atomic mass is 10.1. The van der Waals surface area contributed by atoms with Crippen molar-refractivity contribution in [1.29, 1.82) is 0 Å². The third kappa shape index (κ3) is 2.69. The van der Waals surface area contributed by atoms with Crippen LogP contribution in [0.1, 0.15) is 12.0 Å². The fraction of sp³-hybridized carbons (Fsp3) is 0.125. The zero-order valence-electron chi connectivity index (χ0n) is 11.0. The van der Waals surface area contributed by atoms with Crippen LogP contribution >= 0.6 is 0 Å². The van der Waals surface area contributed by atoms with Gasteiger partial charge in [0.1, 0.15) is 0 Å². The van der Waals surface area contributed by atoms with E-state index in [0.29, 0.717) is 6.42 Å². The fourth-order valence-corrected chi connectivity index (χ4v) is 2.19. The molecule has 0 aliphatic heterocycles. The normalized spacial score (nSPS) is 10.6. The van der Waals surface area contributed by atoms with E-state index in [2.05, 4.69) is 15.5 Å². The summed E-state index contributed by atoms with van der Waals surface area (Å²) >= 11 is 0. The maximum atomic E-state index is 12.0. The van der Waals surface area contributed by atoms with Crippen LogP contribution < -0.4 is 5.32 Å². The molecular weight excluding hydrogens is 250 g/mol. The van der Waals surface area contributed by atoms with E-state index >= 15 is 0 Å². The van der Waals surface area contributed by atoms with Crippen LogP contribution in [0.5, 0.6) is 0 Å². The molecule has 0 bridgehead atoms. The van der Waals surface area contributed by atoms with Crippen molar-refractivity contribution in [3.8, 4) is 0 Å². The first-order valence-corrected chi connectivity index (χ1v) is 6.59. The molecule has 4 nitrogen and oxygen atoms in total. The zero-order chi connectivity index (χ0) is 13.8. The molecule has 0 aliphatic carbocycles. The molecule has 3 rings (SSSR count). The third-order valence-electron chi connectivity index (χ3n) is 3.23. The van der Waals surface area contributed by atoms with Gasteiger partial charge in [-0.3, -0.25) is 9.89 Å². The highest BCUT2D eigenvalue weighted by Gasteiger charge is 2.07. The van der Waals surface area contributed by atoms with Crippen molar-refractivity contribution >= 4 is 22.5 Å². The molecule has 0 unspecified atom stereocenters. The van der Waals surface area contributed by atoms with Crippen LogP contribution in [-0.2, 0) is 11.2 Å². The average Bonchev–Trinajstić information content (AvgIpc) is 2.96. The Morgan fingerprint density at radius 2 is 1.95 bits per heavy atom. The first kappa shape index (κ1) is 12.4. The summed E-state index contributed by atoms with van der Waals surface area (Å²) in [7, 11) is 0. The number of carbonyl (C=O) groups is 1. The Morgan fingerprint density at radius 1 is 1.10 bits per heavy atom.